The number of nitrogens with zero attached hydrogens (tertiary/aromatic N) is 3. The van der Waals surface area contributed by atoms with Crippen LogP contribution >= 0.6 is 0 Å². The van der Waals surface area contributed by atoms with Gasteiger partial charge in [0.25, 0.3) is 6.43 Å². The Morgan fingerprint density at radius 2 is 2.10 bits per heavy atom. The van der Waals surface area contributed by atoms with Gasteiger partial charge >= 0.3 is 0 Å². The number of aryl methyl sites for hydroxylation is 1. The standard InChI is InChI=1S/C13H10F3N5/c1-6-11-13(21-20-6)19-9(5-17-11)18-8-4-2-3-7(10(8)14)12(15)16/h2-5,12H,1H3,(H2,18,19,20,21). The van der Waals surface area contributed by atoms with Crippen LogP contribution in [0.3, 0.4) is 0 Å². The lowest BCUT2D eigenvalue weighted by atomic mass is 10.2. The minimum Gasteiger partial charge on any atom is -0.336 e. The third kappa shape index (κ3) is 2.39. The van der Waals surface area contributed by atoms with Crippen molar-refractivity contribution in [2.45, 2.75) is 13.3 Å². The predicted molar refractivity (Wildman–Crippen MR) is 71.1 cm³/mol. The van der Waals surface area contributed by atoms with Gasteiger partial charge in [-0.1, -0.05) is 12.1 Å². The second kappa shape index (κ2) is 5.04. The molecule has 108 valence electrons. The van der Waals surface area contributed by atoms with Crippen molar-refractivity contribution < 1.29 is 13.2 Å². The van der Waals surface area contributed by atoms with Crippen molar-refractivity contribution in [2.75, 3.05) is 5.32 Å². The molecule has 0 spiro atoms. The maximum absolute atomic E-state index is 13.9. The molecule has 2 N–H and O–H groups in total. The second-order valence-corrected chi connectivity index (χ2v) is 4.41. The molecule has 0 radical (unpaired) electrons. The maximum atomic E-state index is 13.9. The minimum atomic E-state index is -2.88. The average Bonchev–Trinajstić information content (AvgIpc) is 2.82. The van der Waals surface area contributed by atoms with Crippen LogP contribution in [-0.2, 0) is 0 Å². The largest absolute Gasteiger partial charge is 0.336 e. The first-order valence-corrected chi connectivity index (χ1v) is 6.07. The van der Waals surface area contributed by atoms with Crippen molar-refractivity contribution in [3.63, 3.8) is 0 Å². The number of halogens is 3. The third-order valence-corrected chi connectivity index (χ3v) is 2.97. The molecule has 5 nitrogen and oxygen atoms in total. The van der Waals surface area contributed by atoms with Gasteiger partial charge in [-0.05, 0) is 13.0 Å². The van der Waals surface area contributed by atoms with Crippen LogP contribution in [0.5, 0.6) is 0 Å². The molecule has 0 aliphatic carbocycles. The van der Waals surface area contributed by atoms with Crippen LogP contribution in [0.1, 0.15) is 17.7 Å². The molecule has 21 heavy (non-hydrogen) atoms. The number of nitrogens with one attached hydrogen (secondary N) is 2. The van der Waals surface area contributed by atoms with E-state index in [9.17, 15) is 13.2 Å². The Morgan fingerprint density at radius 3 is 2.86 bits per heavy atom. The first-order chi connectivity index (χ1) is 10.1. The highest BCUT2D eigenvalue weighted by atomic mass is 19.3. The van der Waals surface area contributed by atoms with Crippen LogP contribution in [0.4, 0.5) is 24.7 Å². The molecule has 0 fully saturated rings. The highest BCUT2D eigenvalue weighted by Crippen LogP contribution is 2.28. The molecular weight excluding hydrogens is 283 g/mol. The summed E-state index contributed by atoms with van der Waals surface area (Å²) in [5.74, 6) is -0.785. The summed E-state index contributed by atoms with van der Waals surface area (Å²) in [6.45, 7) is 1.79. The van der Waals surface area contributed by atoms with Crippen LogP contribution < -0.4 is 5.32 Å². The molecule has 0 aliphatic heterocycles. The fraction of sp³-hybridized carbons (Fsp3) is 0.154. The number of rotatable bonds is 3. The zero-order valence-electron chi connectivity index (χ0n) is 10.9. The van der Waals surface area contributed by atoms with E-state index in [2.05, 4.69) is 25.5 Å². The molecule has 0 saturated carbocycles. The molecule has 8 heteroatoms. The SMILES string of the molecule is Cc1[nH]nc2nc(Nc3cccc(C(F)F)c3F)cnc12. The number of aromatic nitrogens is 4. The van der Waals surface area contributed by atoms with Crippen LogP contribution in [-0.4, -0.2) is 20.2 Å². The van der Waals surface area contributed by atoms with Gasteiger partial charge in [-0.15, -0.1) is 0 Å². The van der Waals surface area contributed by atoms with Gasteiger partial charge in [0.2, 0.25) is 5.65 Å². The lowest BCUT2D eigenvalue weighted by Crippen LogP contribution is -2.00. The first kappa shape index (κ1) is 13.3. The van der Waals surface area contributed by atoms with E-state index in [1.54, 1.807) is 6.92 Å². The Labute approximate surface area is 117 Å². The fourth-order valence-electron chi connectivity index (χ4n) is 1.92. The Kier molecular flexibility index (Phi) is 3.20. The summed E-state index contributed by atoms with van der Waals surface area (Å²) in [7, 11) is 0. The molecule has 0 saturated heterocycles. The Morgan fingerprint density at radius 1 is 1.29 bits per heavy atom. The zero-order chi connectivity index (χ0) is 15.0. The van der Waals surface area contributed by atoms with E-state index >= 15 is 0 Å². The van der Waals surface area contributed by atoms with Gasteiger partial charge in [-0.2, -0.15) is 5.10 Å². The van der Waals surface area contributed by atoms with Crippen molar-refractivity contribution in [1.29, 1.82) is 0 Å². The van der Waals surface area contributed by atoms with Crippen LogP contribution in [0.25, 0.3) is 11.2 Å². The van der Waals surface area contributed by atoms with Crippen LogP contribution in [0, 0.1) is 12.7 Å². The molecule has 3 aromatic rings. The van der Waals surface area contributed by atoms with E-state index in [-0.39, 0.29) is 11.5 Å². The van der Waals surface area contributed by atoms with Gasteiger partial charge in [-0.25, -0.2) is 23.1 Å². The molecule has 2 aromatic heterocycles. The number of H-pyrrole nitrogens is 1. The number of aromatic amines is 1. The van der Waals surface area contributed by atoms with Gasteiger partial charge in [0, 0.05) is 0 Å². The third-order valence-electron chi connectivity index (χ3n) is 2.97. The number of hydrogen-bond acceptors (Lipinski definition) is 4. The summed E-state index contributed by atoms with van der Waals surface area (Å²) in [5, 5.41) is 9.30. The molecule has 0 unspecified atom stereocenters. The Balaban J connectivity index is 1.96. The topological polar surface area (TPSA) is 66.5 Å². The van der Waals surface area contributed by atoms with Crippen molar-refractivity contribution >= 4 is 22.7 Å². The summed E-state index contributed by atoms with van der Waals surface area (Å²) in [6, 6.07) is 3.73. The quantitative estimate of drug-likeness (QED) is 0.776. The number of anilines is 2. The summed E-state index contributed by atoms with van der Waals surface area (Å²) >= 11 is 0. The summed E-state index contributed by atoms with van der Waals surface area (Å²) < 4.78 is 39.2. The summed E-state index contributed by atoms with van der Waals surface area (Å²) in [4.78, 5) is 8.27. The highest BCUT2D eigenvalue weighted by Gasteiger charge is 2.16. The van der Waals surface area contributed by atoms with Crippen LogP contribution in [0.15, 0.2) is 24.4 Å². The van der Waals surface area contributed by atoms with E-state index in [1.807, 2.05) is 0 Å². The van der Waals surface area contributed by atoms with E-state index < -0.39 is 17.8 Å². The van der Waals surface area contributed by atoms with E-state index in [0.717, 1.165) is 11.8 Å². The molecule has 2 heterocycles. The molecule has 1 aromatic carbocycles. The maximum Gasteiger partial charge on any atom is 0.266 e. The highest BCUT2D eigenvalue weighted by molar-refractivity contribution is 5.74. The number of hydrogen-bond donors (Lipinski definition) is 2. The second-order valence-electron chi connectivity index (χ2n) is 4.41. The molecule has 0 bridgehead atoms. The van der Waals surface area contributed by atoms with Crippen molar-refractivity contribution in [2.24, 2.45) is 0 Å². The van der Waals surface area contributed by atoms with Gasteiger partial charge in [0.1, 0.15) is 5.52 Å². The van der Waals surface area contributed by atoms with Crippen molar-refractivity contribution in [3.8, 4) is 0 Å². The molecule has 0 atom stereocenters. The number of benzene rings is 1. The summed E-state index contributed by atoms with van der Waals surface area (Å²) in [5.41, 5.74) is 0.971. The van der Waals surface area contributed by atoms with Crippen molar-refractivity contribution in [1.82, 2.24) is 20.2 Å². The van der Waals surface area contributed by atoms with E-state index in [1.165, 1.54) is 18.3 Å². The predicted octanol–water partition coefficient (Wildman–Crippen LogP) is 3.48. The molecule has 0 aliphatic rings. The van der Waals surface area contributed by atoms with E-state index in [0.29, 0.717) is 11.2 Å². The van der Waals surface area contributed by atoms with Crippen molar-refractivity contribution in [3.05, 3.63) is 41.5 Å². The smallest absolute Gasteiger partial charge is 0.266 e. The molecular formula is C13H10F3N5. The average molecular weight is 293 g/mol. The normalized spacial score (nSPS) is 11.3. The number of fused-ring (bicyclic) bond motifs is 1. The Bertz CT molecular complexity index is 800. The van der Waals surface area contributed by atoms with Gasteiger partial charge in [0.05, 0.1) is 23.1 Å². The number of alkyl halides is 2. The zero-order valence-corrected chi connectivity index (χ0v) is 10.9. The fourth-order valence-corrected chi connectivity index (χ4v) is 1.92. The molecule has 3 rings (SSSR count). The lowest BCUT2D eigenvalue weighted by molar-refractivity contribution is 0.146. The van der Waals surface area contributed by atoms with Gasteiger partial charge in [-0.3, -0.25) is 5.10 Å². The lowest BCUT2D eigenvalue weighted by Gasteiger charge is -2.09. The minimum absolute atomic E-state index is 0.0892. The molecule has 0 amide bonds. The van der Waals surface area contributed by atoms with Crippen LogP contribution in [0.2, 0.25) is 0 Å². The summed E-state index contributed by atoms with van der Waals surface area (Å²) in [6.07, 6.45) is -1.49. The van der Waals surface area contributed by atoms with Gasteiger partial charge in [0.15, 0.2) is 11.6 Å². The first-order valence-electron chi connectivity index (χ1n) is 6.07. The van der Waals surface area contributed by atoms with E-state index in [4.69, 9.17) is 0 Å². The van der Waals surface area contributed by atoms with Gasteiger partial charge < -0.3 is 5.32 Å². The Hall–Kier alpha value is -2.64. The monoisotopic (exact) mass is 293 g/mol.